The Balaban J connectivity index is 1.85. The second-order valence-electron chi connectivity index (χ2n) is 8.10. The lowest BCUT2D eigenvalue weighted by Crippen LogP contribution is -2.22. The SMILES string of the molecule is CCCCCCCC/C=C\CCCCCCCC(=O)NCc1ccc(C)cc1. The van der Waals surface area contributed by atoms with Gasteiger partial charge in [0.1, 0.15) is 0 Å². The monoisotopic (exact) mass is 385 g/mol. The molecule has 0 bridgehead atoms. The van der Waals surface area contributed by atoms with Crippen LogP contribution in [-0.4, -0.2) is 5.91 Å². The Morgan fingerprint density at radius 2 is 1.32 bits per heavy atom. The number of unbranched alkanes of at least 4 members (excludes halogenated alkanes) is 11. The fraction of sp³-hybridized carbons (Fsp3) is 0.654. The van der Waals surface area contributed by atoms with E-state index in [2.05, 4.69) is 55.6 Å². The third-order valence-corrected chi connectivity index (χ3v) is 5.28. The van der Waals surface area contributed by atoms with E-state index in [-0.39, 0.29) is 5.91 Å². The second kappa shape index (κ2) is 17.5. The van der Waals surface area contributed by atoms with Crippen molar-refractivity contribution in [2.24, 2.45) is 0 Å². The lowest BCUT2D eigenvalue weighted by atomic mass is 10.1. The quantitative estimate of drug-likeness (QED) is 0.216. The van der Waals surface area contributed by atoms with E-state index in [1.54, 1.807) is 0 Å². The number of amides is 1. The third-order valence-electron chi connectivity index (χ3n) is 5.28. The van der Waals surface area contributed by atoms with E-state index >= 15 is 0 Å². The number of aryl methyl sites for hydroxylation is 1. The van der Waals surface area contributed by atoms with Crippen molar-refractivity contribution in [3.63, 3.8) is 0 Å². The van der Waals surface area contributed by atoms with Crippen LogP contribution in [0.1, 0.15) is 108 Å². The summed E-state index contributed by atoms with van der Waals surface area (Å²) in [4.78, 5) is 11.9. The maximum absolute atomic E-state index is 11.9. The molecule has 2 nitrogen and oxygen atoms in total. The Labute approximate surface area is 174 Å². The molecule has 0 aromatic heterocycles. The van der Waals surface area contributed by atoms with Gasteiger partial charge in [-0.2, -0.15) is 0 Å². The van der Waals surface area contributed by atoms with E-state index in [4.69, 9.17) is 0 Å². The maximum Gasteiger partial charge on any atom is 0.220 e. The first-order valence-electron chi connectivity index (χ1n) is 11.7. The van der Waals surface area contributed by atoms with Gasteiger partial charge < -0.3 is 5.32 Å². The van der Waals surface area contributed by atoms with Gasteiger partial charge in [-0.15, -0.1) is 0 Å². The average molecular weight is 386 g/mol. The van der Waals surface area contributed by atoms with Crippen molar-refractivity contribution in [3.8, 4) is 0 Å². The fourth-order valence-electron chi connectivity index (χ4n) is 3.35. The molecule has 0 aliphatic carbocycles. The summed E-state index contributed by atoms with van der Waals surface area (Å²) in [5, 5.41) is 3.02. The van der Waals surface area contributed by atoms with Crippen LogP contribution >= 0.6 is 0 Å². The molecule has 0 unspecified atom stereocenters. The van der Waals surface area contributed by atoms with Gasteiger partial charge in [0.25, 0.3) is 0 Å². The van der Waals surface area contributed by atoms with E-state index in [1.807, 2.05) is 0 Å². The Morgan fingerprint density at radius 3 is 1.93 bits per heavy atom. The van der Waals surface area contributed by atoms with E-state index in [0.717, 1.165) is 6.42 Å². The van der Waals surface area contributed by atoms with Crippen molar-refractivity contribution in [2.45, 2.75) is 110 Å². The molecule has 0 spiro atoms. The van der Waals surface area contributed by atoms with Crippen LogP contribution in [0.5, 0.6) is 0 Å². The minimum Gasteiger partial charge on any atom is -0.352 e. The average Bonchev–Trinajstić information content (AvgIpc) is 2.70. The topological polar surface area (TPSA) is 29.1 Å². The van der Waals surface area contributed by atoms with Crippen LogP contribution in [0.3, 0.4) is 0 Å². The summed E-state index contributed by atoms with van der Waals surface area (Å²) >= 11 is 0. The van der Waals surface area contributed by atoms with Crippen LogP contribution in [0, 0.1) is 6.92 Å². The summed E-state index contributed by atoms with van der Waals surface area (Å²) in [5.74, 6) is 0.179. The van der Waals surface area contributed by atoms with Crippen molar-refractivity contribution >= 4 is 5.91 Å². The van der Waals surface area contributed by atoms with Crippen molar-refractivity contribution in [3.05, 3.63) is 47.5 Å². The second-order valence-corrected chi connectivity index (χ2v) is 8.10. The van der Waals surface area contributed by atoms with Crippen LogP contribution in [0.4, 0.5) is 0 Å². The van der Waals surface area contributed by atoms with Gasteiger partial charge in [0.15, 0.2) is 0 Å². The smallest absolute Gasteiger partial charge is 0.220 e. The lowest BCUT2D eigenvalue weighted by Gasteiger charge is -2.06. The maximum atomic E-state index is 11.9. The van der Waals surface area contributed by atoms with Crippen molar-refractivity contribution in [1.29, 1.82) is 0 Å². The molecule has 0 fully saturated rings. The minimum absolute atomic E-state index is 0.179. The summed E-state index contributed by atoms with van der Waals surface area (Å²) < 4.78 is 0. The zero-order valence-corrected chi connectivity index (χ0v) is 18.5. The number of allylic oxidation sites excluding steroid dienone is 2. The van der Waals surface area contributed by atoms with Gasteiger partial charge in [0.2, 0.25) is 5.91 Å². The zero-order valence-electron chi connectivity index (χ0n) is 18.5. The first kappa shape index (κ1) is 24.5. The number of hydrogen-bond acceptors (Lipinski definition) is 1. The van der Waals surface area contributed by atoms with Gasteiger partial charge in [0.05, 0.1) is 0 Å². The summed E-state index contributed by atoms with van der Waals surface area (Å²) in [6.45, 7) is 4.99. The molecule has 1 aromatic carbocycles. The fourth-order valence-corrected chi connectivity index (χ4v) is 3.35. The van der Waals surface area contributed by atoms with Gasteiger partial charge >= 0.3 is 0 Å². The van der Waals surface area contributed by atoms with Crippen LogP contribution < -0.4 is 5.32 Å². The first-order valence-corrected chi connectivity index (χ1v) is 11.7. The van der Waals surface area contributed by atoms with E-state index < -0.39 is 0 Å². The predicted molar refractivity (Wildman–Crippen MR) is 122 cm³/mol. The molecule has 0 saturated heterocycles. The van der Waals surface area contributed by atoms with Crippen LogP contribution in [-0.2, 0) is 11.3 Å². The van der Waals surface area contributed by atoms with Gasteiger partial charge in [-0.1, -0.05) is 100 Å². The molecular formula is C26H43NO. The van der Waals surface area contributed by atoms with Gasteiger partial charge in [-0.3, -0.25) is 4.79 Å². The first-order chi connectivity index (χ1) is 13.7. The molecule has 158 valence electrons. The molecule has 0 aliphatic heterocycles. The molecule has 0 aliphatic rings. The summed E-state index contributed by atoms with van der Waals surface area (Å²) in [6, 6.07) is 8.34. The standard InChI is InChI=1S/C26H43NO/c1-3-4-5-6-7-8-9-10-11-12-13-14-15-16-17-18-26(28)27-23-25-21-19-24(2)20-22-25/h10-11,19-22H,3-9,12-18,23H2,1-2H3,(H,27,28)/b11-10-. The molecule has 0 radical (unpaired) electrons. The highest BCUT2D eigenvalue weighted by Crippen LogP contribution is 2.10. The molecule has 28 heavy (non-hydrogen) atoms. The molecule has 1 aromatic rings. The number of carbonyl (C=O) groups excluding carboxylic acids is 1. The molecule has 1 amide bonds. The molecule has 0 atom stereocenters. The minimum atomic E-state index is 0.179. The Kier molecular flexibility index (Phi) is 15.3. The van der Waals surface area contributed by atoms with Crippen molar-refractivity contribution < 1.29 is 4.79 Å². The Bertz CT molecular complexity index is 518. The molecule has 0 heterocycles. The molecule has 0 saturated carbocycles. The molecular weight excluding hydrogens is 342 g/mol. The van der Waals surface area contributed by atoms with Gasteiger partial charge in [-0.25, -0.2) is 0 Å². The molecule has 2 heteroatoms. The highest BCUT2D eigenvalue weighted by molar-refractivity contribution is 5.75. The van der Waals surface area contributed by atoms with E-state index in [1.165, 1.54) is 88.2 Å². The predicted octanol–water partition coefficient (Wildman–Crippen LogP) is 7.65. The summed E-state index contributed by atoms with van der Waals surface area (Å²) in [5.41, 5.74) is 2.42. The molecule has 1 N–H and O–H groups in total. The Hall–Kier alpha value is -1.57. The Morgan fingerprint density at radius 1 is 0.786 bits per heavy atom. The number of hydrogen-bond donors (Lipinski definition) is 1. The van der Waals surface area contributed by atoms with Crippen LogP contribution in [0.2, 0.25) is 0 Å². The van der Waals surface area contributed by atoms with Crippen molar-refractivity contribution in [1.82, 2.24) is 5.32 Å². The summed E-state index contributed by atoms with van der Waals surface area (Å²) in [7, 11) is 0. The highest BCUT2D eigenvalue weighted by Gasteiger charge is 2.01. The lowest BCUT2D eigenvalue weighted by molar-refractivity contribution is -0.121. The zero-order chi connectivity index (χ0) is 20.3. The number of benzene rings is 1. The number of nitrogens with one attached hydrogen (secondary N) is 1. The van der Waals surface area contributed by atoms with E-state index in [0.29, 0.717) is 13.0 Å². The summed E-state index contributed by atoms with van der Waals surface area (Å²) in [6.07, 6.45) is 22.1. The van der Waals surface area contributed by atoms with Crippen molar-refractivity contribution in [2.75, 3.05) is 0 Å². The highest BCUT2D eigenvalue weighted by atomic mass is 16.1. The number of rotatable bonds is 17. The normalized spacial score (nSPS) is 11.2. The van der Waals surface area contributed by atoms with Gasteiger partial charge in [-0.05, 0) is 44.6 Å². The van der Waals surface area contributed by atoms with Crippen LogP contribution in [0.15, 0.2) is 36.4 Å². The third kappa shape index (κ3) is 14.5. The largest absolute Gasteiger partial charge is 0.352 e. The molecule has 1 rings (SSSR count). The number of carbonyl (C=O) groups is 1. The van der Waals surface area contributed by atoms with Crippen LogP contribution in [0.25, 0.3) is 0 Å². The van der Waals surface area contributed by atoms with Gasteiger partial charge in [0, 0.05) is 13.0 Å². The van der Waals surface area contributed by atoms with E-state index in [9.17, 15) is 4.79 Å².